The van der Waals surface area contributed by atoms with E-state index in [1.54, 1.807) is 0 Å². The monoisotopic (exact) mass is 235 g/mol. The normalized spacial score (nSPS) is 21.9. The molecule has 1 aromatic carbocycles. The lowest BCUT2D eigenvalue weighted by atomic mass is 10.2. The summed E-state index contributed by atoms with van der Waals surface area (Å²) < 4.78 is 5.09. The quantitative estimate of drug-likeness (QED) is 0.816. The molecule has 1 fully saturated rings. The van der Waals surface area contributed by atoms with Gasteiger partial charge in [0.25, 0.3) is 0 Å². The van der Waals surface area contributed by atoms with E-state index in [0.29, 0.717) is 12.5 Å². The summed E-state index contributed by atoms with van der Waals surface area (Å²) in [6, 6.07) is 9.76. The first-order chi connectivity index (χ1) is 8.29. The molecule has 4 heteroatoms. The maximum absolute atomic E-state index is 11.4. The molecule has 1 saturated carbocycles. The third-order valence-electron chi connectivity index (χ3n) is 2.94. The smallest absolute Gasteiger partial charge is 0.407 e. The molecule has 1 aliphatic rings. The molecule has 0 radical (unpaired) electrons. The third-order valence-corrected chi connectivity index (χ3v) is 2.94. The van der Waals surface area contributed by atoms with Gasteiger partial charge in [0.15, 0.2) is 0 Å². The standard InChI is InChI=1S/C13H17NO3/c15-7-6-11-8-12(11)14-13(16)17-9-10-4-2-1-3-5-10/h1-5,11-12,15H,6-9H2,(H,14,16)/t11-,12-/m0/s1. The van der Waals surface area contributed by atoms with Crippen LogP contribution in [0, 0.1) is 5.92 Å². The molecule has 0 spiro atoms. The lowest BCUT2D eigenvalue weighted by Gasteiger charge is -2.06. The van der Waals surface area contributed by atoms with Crippen LogP contribution in [-0.2, 0) is 11.3 Å². The number of alkyl carbamates (subject to hydrolysis) is 1. The summed E-state index contributed by atoms with van der Waals surface area (Å²) in [6.07, 6.45) is 1.32. The lowest BCUT2D eigenvalue weighted by molar-refractivity contribution is 0.138. The maximum Gasteiger partial charge on any atom is 0.407 e. The molecule has 2 rings (SSSR count). The van der Waals surface area contributed by atoms with Crippen molar-refractivity contribution in [1.82, 2.24) is 5.32 Å². The second kappa shape index (κ2) is 5.68. The summed E-state index contributed by atoms with van der Waals surface area (Å²) in [5.41, 5.74) is 0.977. The summed E-state index contributed by atoms with van der Waals surface area (Å²) in [5, 5.41) is 11.5. The van der Waals surface area contributed by atoms with Crippen LogP contribution in [0.4, 0.5) is 4.79 Å². The Balaban J connectivity index is 1.65. The molecule has 0 unspecified atom stereocenters. The number of benzene rings is 1. The number of ether oxygens (including phenoxy) is 1. The van der Waals surface area contributed by atoms with E-state index in [0.717, 1.165) is 18.4 Å². The zero-order valence-electron chi connectivity index (χ0n) is 9.63. The van der Waals surface area contributed by atoms with Crippen LogP contribution in [0.2, 0.25) is 0 Å². The summed E-state index contributed by atoms with van der Waals surface area (Å²) in [6.45, 7) is 0.478. The van der Waals surface area contributed by atoms with Gasteiger partial charge >= 0.3 is 6.09 Å². The van der Waals surface area contributed by atoms with E-state index >= 15 is 0 Å². The highest BCUT2D eigenvalue weighted by Gasteiger charge is 2.37. The van der Waals surface area contributed by atoms with Crippen LogP contribution in [-0.4, -0.2) is 23.8 Å². The Hall–Kier alpha value is -1.55. The molecule has 0 aromatic heterocycles. The van der Waals surface area contributed by atoms with Crippen LogP contribution in [0.25, 0.3) is 0 Å². The highest BCUT2D eigenvalue weighted by Crippen LogP contribution is 2.33. The summed E-state index contributed by atoms with van der Waals surface area (Å²) in [5.74, 6) is 0.421. The lowest BCUT2D eigenvalue weighted by Crippen LogP contribution is -2.27. The molecule has 0 heterocycles. The predicted molar refractivity (Wildman–Crippen MR) is 63.4 cm³/mol. The van der Waals surface area contributed by atoms with E-state index in [2.05, 4.69) is 5.32 Å². The van der Waals surface area contributed by atoms with Gasteiger partial charge < -0.3 is 15.2 Å². The molecule has 92 valence electrons. The van der Waals surface area contributed by atoms with E-state index in [-0.39, 0.29) is 18.7 Å². The van der Waals surface area contributed by atoms with Gasteiger partial charge in [0, 0.05) is 12.6 Å². The Bertz CT molecular complexity index is 366. The van der Waals surface area contributed by atoms with Gasteiger partial charge in [-0.15, -0.1) is 0 Å². The minimum Gasteiger partial charge on any atom is -0.445 e. The zero-order valence-corrected chi connectivity index (χ0v) is 9.63. The molecular formula is C13H17NO3. The fraction of sp³-hybridized carbons (Fsp3) is 0.462. The van der Waals surface area contributed by atoms with Gasteiger partial charge in [-0.25, -0.2) is 4.79 Å². The Morgan fingerprint density at radius 3 is 2.88 bits per heavy atom. The van der Waals surface area contributed by atoms with Crippen molar-refractivity contribution in [1.29, 1.82) is 0 Å². The van der Waals surface area contributed by atoms with Crippen molar-refractivity contribution in [2.45, 2.75) is 25.5 Å². The molecule has 0 saturated heterocycles. The minimum atomic E-state index is -0.376. The van der Waals surface area contributed by atoms with Crippen molar-refractivity contribution in [2.75, 3.05) is 6.61 Å². The second-order valence-electron chi connectivity index (χ2n) is 4.32. The highest BCUT2D eigenvalue weighted by atomic mass is 16.5. The number of rotatable bonds is 5. The van der Waals surface area contributed by atoms with E-state index in [1.165, 1.54) is 0 Å². The number of nitrogens with one attached hydrogen (secondary N) is 1. The van der Waals surface area contributed by atoms with E-state index in [1.807, 2.05) is 30.3 Å². The molecule has 0 aliphatic heterocycles. The first-order valence-corrected chi connectivity index (χ1v) is 5.87. The van der Waals surface area contributed by atoms with Crippen molar-refractivity contribution in [3.63, 3.8) is 0 Å². The van der Waals surface area contributed by atoms with Crippen LogP contribution >= 0.6 is 0 Å². The van der Waals surface area contributed by atoms with Crippen molar-refractivity contribution < 1.29 is 14.6 Å². The van der Waals surface area contributed by atoms with Gasteiger partial charge in [-0.3, -0.25) is 0 Å². The molecule has 2 atom stereocenters. The molecule has 0 bridgehead atoms. The van der Waals surface area contributed by atoms with Crippen LogP contribution in [0.5, 0.6) is 0 Å². The van der Waals surface area contributed by atoms with Gasteiger partial charge in [0.05, 0.1) is 0 Å². The first kappa shape index (κ1) is 11.9. The largest absolute Gasteiger partial charge is 0.445 e. The van der Waals surface area contributed by atoms with Crippen LogP contribution in [0.1, 0.15) is 18.4 Å². The van der Waals surface area contributed by atoms with Crippen molar-refractivity contribution >= 4 is 6.09 Å². The molecule has 1 aliphatic carbocycles. The average Bonchev–Trinajstić information content (AvgIpc) is 3.06. The third kappa shape index (κ3) is 3.75. The molecular weight excluding hydrogens is 218 g/mol. The summed E-state index contributed by atoms with van der Waals surface area (Å²) >= 11 is 0. The maximum atomic E-state index is 11.4. The number of carbonyl (C=O) groups is 1. The minimum absolute atomic E-state index is 0.182. The Morgan fingerprint density at radius 1 is 1.41 bits per heavy atom. The number of aliphatic hydroxyl groups is 1. The highest BCUT2D eigenvalue weighted by molar-refractivity contribution is 5.68. The summed E-state index contributed by atoms with van der Waals surface area (Å²) in [4.78, 5) is 11.4. The molecule has 17 heavy (non-hydrogen) atoms. The molecule has 4 nitrogen and oxygen atoms in total. The Labute approximate surface area is 101 Å². The van der Waals surface area contributed by atoms with Crippen molar-refractivity contribution in [3.05, 3.63) is 35.9 Å². The molecule has 1 amide bonds. The number of hydrogen-bond acceptors (Lipinski definition) is 3. The average molecular weight is 235 g/mol. The van der Waals surface area contributed by atoms with Gasteiger partial charge in [-0.2, -0.15) is 0 Å². The number of carbonyl (C=O) groups excluding carboxylic acids is 1. The van der Waals surface area contributed by atoms with E-state index in [9.17, 15) is 4.79 Å². The van der Waals surface area contributed by atoms with Gasteiger partial charge in [-0.05, 0) is 24.3 Å². The zero-order chi connectivity index (χ0) is 12.1. The second-order valence-corrected chi connectivity index (χ2v) is 4.32. The molecule has 2 N–H and O–H groups in total. The first-order valence-electron chi connectivity index (χ1n) is 5.87. The van der Waals surface area contributed by atoms with Crippen LogP contribution < -0.4 is 5.32 Å². The number of aliphatic hydroxyl groups excluding tert-OH is 1. The summed E-state index contributed by atoms with van der Waals surface area (Å²) in [7, 11) is 0. The number of amides is 1. The van der Waals surface area contributed by atoms with E-state index < -0.39 is 0 Å². The van der Waals surface area contributed by atoms with Crippen molar-refractivity contribution in [2.24, 2.45) is 5.92 Å². The SMILES string of the molecule is O=C(N[C@H]1C[C@@H]1CCO)OCc1ccccc1. The Morgan fingerprint density at radius 2 is 2.18 bits per heavy atom. The Kier molecular flexibility index (Phi) is 3.98. The van der Waals surface area contributed by atoms with E-state index in [4.69, 9.17) is 9.84 Å². The predicted octanol–water partition coefficient (Wildman–Crippen LogP) is 1.68. The van der Waals surface area contributed by atoms with Gasteiger partial charge in [0.2, 0.25) is 0 Å². The van der Waals surface area contributed by atoms with Crippen LogP contribution in [0.3, 0.4) is 0 Å². The van der Waals surface area contributed by atoms with Crippen molar-refractivity contribution in [3.8, 4) is 0 Å². The van der Waals surface area contributed by atoms with Crippen LogP contribution in [0.15, 0.2) is 30.3 Å². The molecule has 1 aromatic rings. The van der Waals surface area contributed by atoms with Gasteiger partial charge in [-0.1, -0.05) is 30.3 Å². The fourth-order valence-electron chi connectivity index (χ4n) is 1.83. The topological polar surface area (TPSA) is 58.6 Å². The number of hydrogen-bond donors (Lipinski definition) is 2. The fourth-order valence-corrected chi connectivity index (χ4v) is 1.83. The van der Waals surface area contributed by atoms with Gasteiger partial charge in [0.1, 0.15) is 6.61 Å².